The number of hydrogen-bond acceptors (Lipinski definition) is 4. The highest BCUT2D eigenvalue weighted by atomic mass is 19.4. The first kappa shape index (κ1) is 22.9. The number of hydrogen-bond donors (Lipinski definition) is 3. The summed E-state index contributed by atoms with van der Waals surface area (Å²) >= 11 is 0. The van der Waals surface area contributed by atoms with Gasteiger partial charge in [0.05, 0.1) is 24.3 Å². The molecule has 4 N–H and O–H groups in total. The Labute approximate surface area is 168 Å². The Kier molecular flexibility index (Phi) is 7.84. The number of ether oxygens (including phenoxy) is 1. The van der Waals surface area contributed by atoms with Gasteiger partial charge in [-0.1, -0.05) is 42.0 Å². The van der Waals surface area contributed by atoms with Crippen LogP contribution in [0.15, 0.2) is 48.5 Å². The summed E-state index contributed by atoms with van der Waals surface area (Å²) in [6.45, 7) is 1.05. The first-order valence-electron chi connectivity index (χ1n) is 9.23. The van der Waals surface area contributed by atoms with E-state index in [1.165, 1.54) is 12.1 Å². The molecule has 0 aliphatic heterocycles. The topological polar surface area (TPSA) is 75.7 Å². The minimum absolute atomic E-state index is 0.00267. The second kappa shape index (κ2) is 9.91. The number of halogens is 3. The molecule has 2 rings (SSSR count). The van der Waals surface area contributed by atoms with Crippen LogP contribution in [0.4, 0.5) is 13.2 Å². The summed E-state index contributed by atoms with van der Waals surface area (Å²) in [6, 6.07) is 11.6. The number of aliphatic hydroxyl groups excluding tert-OH is 2. The summed E-state index contributed by atoms with van der Waals surface area (Å²) in [5, 5.41) is 18.4. The van der Waals surface area contributed by atoms with Gasteiger partial charge in [-0.2, -0.15) is 13.2 Å². The van der Waals surface area contributed by atoms with Gasteiger partial charge < -0.3 is 20.7 Å². The number of alkyl halides is 3. The maximum atomic E-state index is 13.5. The largest absolute Gasteiger partial charge is 0.489 e. The van der Waals surface area contributed by atoms with Gasteiger partial charge in [-0.25, -0.2) is 0 Å². The smallest absolute Gasteiger partial charge is 0.419 e. The van der Waals surface area contributed by atoms with Gasteiger partial charge in [0, 0.05) is 0 Å². The molecule has 0 radical (unpaired) electrons. The number of nitrogens with two attached hydrogens (primary N) is 1. The van der Waals surface area contributed by atoms with Crippen LogP contribution in [0.25, 0.3) is 6.08 Å². The molecule has 0 aliphatic carbocycles. The van der Waals surface area contributed by atoms with Crippen LogP contribution >= 0.6 is 0 Å². The van der Waals surface area contributed by atoms with Crippen LogP contribution in [0.3, 0.4) is 0 Å². The molecule has 2 aromatic rings. The fourth-order valence-electron chi connectivity index (χ4n) is 2.78. The predicted molar refractivity (Wildman–Crippen MR) is 107 cm³/mol. The van der Waals surface area contributed by atoms with Crippen molar-refractivity contribution in [2.75, 3.05) is 19.8 Å². The first-order chi connectivity index (χ1) is 13.7. The molecular weight excluding hydrogens is 383 g/mol. The molecule has 0 saturated heterocycles. The van der Waals surface area contributed by atoms with Crippen LogP contribution < -0.4 is 10.5 Å². The lowest BCUT2D eigenvalue weighted by Crippen LogP contribution is -2.47. The summed E-state index contributed by atoms with van der Waals surface area (Å²) in [7, 11) is 0. The zero-order valence-electron chi connectivity index (χ0n) is 16.2. The molecule has 0 aliphatic rings. The molecular formula is C22H26F3NO3. The highest BCUT2D eigenvalue weighted by Gasteiger charge is 2.35. The van der Waals surface area contributed by atoms with Crippen LogP contribution in [0.1, 0.15) is 28.7 Å². The summed E-state index contributed by atoms with van der Waals surface area (Å²) in [6.07, 6.45) is -0.780. The van der Waals surface area contributed by atoms with E-state index in [1.807, 2.05) is 31.2 Å². The highest BCUT2D eigenvalue weighted by molar-refractivity contribution is 5.50. The van der Waals surface area contributed by atoms with Crippen LogP contribution in [0.5, 0.6) is 5.75 Å². The third kappa shape index (κ3) is 6.88. The van der Waals surface area contributed by atoms with E-state index in [0.717, 1.165) is 17.2 Å². The van der Waals surface area contributed by atoms with Crippen molar-refractivity contribution < 1.29 is 28.1 Å². The fourth-order valence-corrected chi connectivity index (χ4v) is 2.78. The molecule has 2 aromatic carbocycles. The Hall–Kier alpha value is -2.35. The van der Waals surface area contributed by atoms with Gasteiger partial charge in [0.1, 0.15) is 12.4 Å². The third-order valence-electron chi connectivity index (χ3n) is 4.58. The van der Waals surface area contributed by atoms with Gasteiger partial charge in [0.2, 0.25) is 0 Å². The summed E-state index contributed by atoms with van der Waals surface area (Å²) in [5.41, 5.74) is 6.12. The van der Waals surface area contributed by atoms with E-state index >= 15 is 0 Å². The van der Waals surface area contributed by atoms with Crippen LogP contribution in [-0.2, 0) is 12.6 Å². The molecule has 0 atom stereocenters. The van der Waals surface area contributed by atoms with E-state index < -0.39 is 30.5 Å². The van der Waals surface area contributed by atoms with E-state index in [2.05, 4.69) is 0 Å². The molecule has 0 saturated carbocycles. The fraction of sp³-hybridized carbons (Fsp3) is 0.364. The van der Waals surface area contributed by atoms with Crippen LogP contribution in [0, 0.1) is 6.92 Å². The number of benzene rings is 2. The SMILES string of the molecule is Cc1cccc(C=CCOc2ccc(CCC(N)(CO)CO)cc2C(F)(F)F)c1. The van der Waals surface area contributed by atoms with Crippen LogP contribution in [-0.4, -0.2) is 35.6 Å². The second-order valence-electron chi connectivity index (χ2n) is 7.13. The number of aliphatic hydroxyl groups is 2. The number of rotatable bonds is 9. The van der Waals surface area contributed by atoms with E-state index in [-0.39, 0.29) is 25.2 Å². The van der Waals surface area contributed by atoms with Gasteiger partial charge in [0.25, 0.3) is 0 Å². The lowest BCUT2D eigenvalue weighted by molar-refractivity contribution is -0.138. The van der Waals surface area contributed by atoms with Crippen molar-refractivity contribution in [2.24, 2.45) is 5.73 Å². The average Bonchev–Trinajstić information content (AvgIpc) is 2.69. The third-order valence-corrected chi connectivity index (χ3v) is 4.58. The zero-order valence-corrected chi connectivity index (χ0v) is 16.2. The van der Waals surface area contributed by atoms with Gasteiger partial charge >= 0.3 is 6.18 Å². The normalized spacial score (nSPS) is 12.5. The zero-order chi connectivity index (χ0) is 21.5. The lowest BCUT2D eigenvalue weighted by Gasteiger charge is -2.24. The van der Waals surface area contributed by atoms with Crippen molar-refractivity contribution in [3.8, 4) is 5.75 Å². The summed E-state index contributed by atoms with van der Waals surface area (Å²) in [5.74, 6) is -0.251. The van der Waals surface area contributed by atoms with Crippen molar-refractivity contribution in [1.29, 1.82) is 0 Å². The standard InChI is InChI=1S/C22H26F3NO3/c1-16-4-2-5-17(12-16)6-3-11-29-20-8-7-18(13-19(20)22(23,24)25)9-10-21(26,14-27)15-28/h2-8,12-13,27-28H,9-11,14-15,26H2,1H3. The molecule has 7 heteroatoms. The van der Waals surface area contributed by atoms with Gasteiger partial charge in [-0.05, 0) is 49.1 Å². The summed E-state index contributed by atoms with van der Waals surface area (Å²) < 4.78 is 45.7. The molecule has 0 amide bonds. The van der Waals surface area contributed by atoms with Crippen molar-refractivity contribution >= 4 is 6.08 Å². The maximum Gasteiger partial charge on any atom is 0.419 e. The Morgan fingerprint density at radius 1 is 1.07 bits per heavy atom. The summed E-state index contributed by atoms with van der Waals surface area (Å²) in [4.78, 5) is 0. The monoisotopic (exact) mass is 409 g/mol. The molecule has 158 valence electrons. The Morgan fingerprint density at radius 2 is 1.79 bits per heavy atom. The quantitative estimate of drug-likeness (QED) is 0.590. The Bertz CT molecular complexity index is 830. The molecule has 0 heterocycles. The van der Waals surface area contributed by atoms with E-state index in [4.69, 9.17) is 10.5 Å². The minimum Gasteiger partial charge on any atom is -0.489 e. The lowest BCUT2D eigenvalue weighted by atomic mass is 9.93. The molecule has 0 unspecified atom stereocenters. The van der Waals surface area contributed by atoms with E-state index in [1.54, 1.807) is 12.2 Å². The van der Waals surface area contributed by atoms with Gasteiger partial charge in [-0.3, -0.25) is 0 Å². The minimum atomic E-state index is -4.57. The second-order valence-corrected chi connectivity index (χ2v) is 7.13. The highest BCUT2D eigenvalue weighted by Crippen LogP contribution is 2.37. The van der Waals surface area contributed by atoms with Crippen molar-refractivity contribution in [3.05, 3.63) is 70.8 Å². The predicted octanol–water partition coefficient (Wildman–Crippen LogP) is 3.72. The van der Waals surface area contributed by atoms with Crippen LogP contribution in [0.2, 0.25) is 0 Å². The molecule has 4 nitrogen and oxygen atoms in total. The molecule has 0 aromatic heterocycles. The molecule has 0 spiro atoms. The molecule has 29 heavy (non-hydrogen) atoms. The number of aryl methyl sites for hydroxylation is 2. The van der Waals surface area contributed by atoms with E-state index in [9.17, 15) is 23.4 Å². The van der Waals surface area contributed by atoms with Gasteiger partial charge in [0.15, 0.2) is 0 Å². The van der Waals surface area contributed by atoms with Crippen molar-refractivity contribution in [2.45, 2.75) is 31.5 Å². The average molecular weight is 409 g/mol. The first-order valence-corrected chi connectivity index (χ1v) is 9.23. The van der Waals surface area contributed by atoms with Crippen molar-refractivity contribution in [1.82, 2.24) is 0 Å². The Morgan fingerprint density at radius 3 is 2.41 bits per heavy atom. The molecule has 0 bridgehead atoms. The molecule has 0 fully saturated rings. The maximum absolute atomic E-state index is 13.5. The van der Waals surface area contributed by atoms with E-state index in [0.29, 0.717) is 5.56 Å². The van der Waals surface area contributed by atoms with Gasteiger partial charge in [-0.15, -0.1) is 0 Å². The Balaban J connectivity index is 2.09. The van der Waals surface area contributed by atoms with Crippen molar-refractivity contribution in [3.63, 3.8) is 0 Å².